The molecule has 1 saturated heterocycles. The Labute approximate surface area is 175 Å². The van der Waals surface area contributed by atoms with Gasteiger partial charge in [0.05, 0.1) is 12.6 Å². The molecular weight excluding hydrogens is 472 g/mol. The van der Waals surface area contributed by atoms with Crippen molar-refractivity contribution in [1.82, 2.24) is 15.5 Å². The number of benzene rings is 1. The lowest BCUT2D eigenvalue weighted by Crippen LogP contribution is -2.49. The molecule has 1 unspecified atom stereocenters. The van der Waals surface area contributed by atoms with Gasteiger partial charge in [0.25, 0.3) is 6.43 Å². The van der Waals surface area contributed by atoms with Gasteiger partial charge in [-0.05, 0) is 30.5 Å². The fourth-order valence-electron chi connectivity index (χ4n) is 3.05. The first kappa shape index (κ1) is 24.0. The van der Waals surface area contributed by atoms with Gasteiger partial charge in [-0.25, -0.2) is 13.2 Å². The van der Waals surface area contributed by atoms with Crippen molar-refractivity contribution in [2.45, 2.75) is 31.4 Å². The number of piperidine rings is 1. The summed E-state index contributed by atoms with van der Waals surface area (Å²) in [4.78, 5) is 6.00. The summed E-state index contributed by atoms with van der Waals surface area (Å²) in [5, 5.41) is 6.54. The molecule has 1 aromatic carbocycles. The summed E-state index contributed by atoms with van der Waals surface area (Å²) in [6.07, 6.45) is -0.938. The van der Waals surface area contributed by atoms with Gasteiger partial charge in [0.1, 0.15) is 5.82 Å². The molecule has 1 aromatic rings. The van der Waals surface area contributed by atoms with Crippen LogP contribution in [0.2, 0.25) is 0 Å². The average molecular weight is 500 g/mol. The molecule has 1 aliphatic heterocycles. The van der Waals surface area contributed by atoms with E-state index in [1.165, 1.54) is 12.1 Å². The molecule has 0 radical (unpaired) electrons. The van der Waals surface area contributed by atoms with Crippen LogP contribution in [-0.4, -0.2) is 63.7 Å². The van der Waals surface area contributed by atoms with Crippen molar-refractivity contribution in [3.8, 4) is 0 Å². The number of guanidine groups is 1. The maximum Gasteiger partial charge on any atom is 0.251 e. The van der Waals surface area contributed by atoms with Crippen molar-refractivity contribution >= 4 is 29.9 Å². The third-order valence-electron chi connectivity index (χ3n) is 4.53. The summed E-state index contributed by atoms with van der Waals surface area (Å²) in [7, 11) is 3.28. The minimum absolute atomic E-state index is 0. The van der Waals surface area contributed by atoms with Crippen molar-refractivity contribution in [3.63, 3.8) is 0 Å². The van der Waals surface area contributed by atoms with Gasteiger partial charge >= 0.3 is 0 Å². The zero-order valence-corrected chi connectivity index (χ0v) is 18.0. The van der Waals surface area contributed by atoms with Crippen LogP contribution in [0.25, 0.3) is 0 Å². The number of nitrogens with one attached hydrogen (secondary N) is 2. The quantitative estimate of drug-likeness (QED) is 0.344. The van der Waals surface area contributed by atoms with E-state index in [2.05, 4.69) is 15.6 Å². The molecule has 9 heteroatoms. The SMILES string of the molecule is CN=C(NCC(OC)c1ccc(F)cc1)NC1CCN(CC(F)F)CC1.I. The van der Waals surface area contributed by atoms with Crippen LogP contribution in [0.15, 0.2) is 29.3 Å². The van der Waals surface area contributed by atoms with Gasteiger partial charge in [-0.3, -0.25) is 9.89 Å². The first-order chi connectivity index (χ1) is 12.5. The highest BCUT2D eigenvalue weighted by atomic mass is 127. The fraction of sp³-hybridized carbons (Fsp3) is 0.611. The van der Waals surface area contributed by atoms with Gasteiger partial charge < -0.3 is 15.4 Å². The summed E-state index contributed by atoms with van der Waals surface area (Å²) in [5.74, 6) is 0.355. The molecule has 1 heterocycles. The van der Waals surface area contributed by atoms with Crippen LogP contribution < -0.4 is 10.6 Å². The minimum atomic E-state index is -2.29. The Kier molecular flexibility index (Phi) is 11.0. The topological polar surface area (TPSA) is 48.9 Å². The summed E-state index contributed by atoms with van der Waals surface area (Å²) >= 11 is 0. The van der Waals surface area contributed by atoms with Crippen LogP contribution in [0.1, 0.15) is 24.5 Å². The van der Waals surface area contributed by atoms with Crippen LogP contribution in [0, 0.1) is 5.82 Å². The van der Waals surface area contributed by atoms with Crippen LogP contribution in [0.4, 0.5) is 13.2 Å². The molecule has 0 aliphatic carbocycles. The fourth-order valence-corrected chi connectivity index (χ4v) is 3.05. The number of likely N-dealkylation sites (tertiary alicyclic amines) is 1. The minimum Gasteiger partial charge on any atom is -0.375 e. The molecule has 27 heavy (non-hydrogen) atoms. The van der Waals surface area contributed by atoms with Crippen molar-refractivity contribution in [2.24, 2.45) is 4.99 Å². The van der Waals surface area contributed by atoms with E-state index in [9.17, 15) is 13.2 Å². The summed E-state index contributed by atoms with van der Waals surface area (Å²) in [6, 6.07) is 6.39. The zero-order chi connectivity index (χ0) is 18.9. The number of alkyl halides is 2. The van der Waals surface area contributed by atoms with Crippen LogP contribution in [0.5, 0.6) is 0 Å². The lowest BCUT2D eigenvalue weighted by molar-refractivity contribution is 0.0743. The predicted molar refractivity (Wildman–Crippen MR) is 112 cm³/mol. The monoisotopic (exact) mass is 500 g/mol. The van der Waals surface area contributed by atoms with E-state index >= 15 is 0 Å². The highest BCUT2D eigenvalue weighted by Gasteiger charge is 2.22. The molecule has 1 fully saturated rings. The molecule has 0 amide bonds. The van der Waals surface area contributed by atoms with Crippen LogP contribution in [-0.2, 0) is 4.74 Å². The molecule has 2 N–H and O–H groups in total. The number of ether oxygens (including phenoxy) is 1. The smallest absolute Gasteiger partial charge is 0.251 e. The lowest BCUT2D eigenvalue weighted by Gasteiger charge is -2.33. The third kappa shape index (κ3) is 8.22. The number of halogens is 4. The number of hydrogen-bond donors (Lipinski definition) is 2. The van der Waals surface area contributed by atoms with Gasteiger partial charge in [0.2, 0.25) is 0 Å². The van der Waals surface area contributed by atoms with E-state index in [1.807, 2.05) is 0 Å². The second kappa shape index (κ2) is 12.4. The van der Waals surface area contributed by atoms with Crippen molar-refractivity contribution in [1.29, 1.82) is 0 Å². The number of methoxy groups -OCH3 is 1. The zero-order valence-electron chi connectivity index (χ0n) is 15.6. The van der Waals surface area contributed by atoms with Crippen molar-refractivity contribution < 1.29 is 17.9 Å². The second-order valence-electron chi connectivity index (χ2n) is 6.34. The molecule has 1 aliphatic rings. The first-order valence-electron chi connectivity index (χ1n) is 8.77. The molecule has 1 atom stereocenters. The molecular formula is C18H28F3IN4O. The van der Waals surface area contributed by atoms with Gasteiger partial charge in [-0.1, -0.05) is 12.1 Å². The van der Waals surface area contributed by atoms with E-state index in [4.69, 9.17) is 4.74 Å². The van der Waals surface area contributed by atoms with Gasteiger partial charge in [-0.2, -0.15) is 0 Å². The largest absolute Gasteiger partial charge is 0.375 e. The van der Waals surface area contributed by atoms with Gasteiger partial charge in [0.15, 0.2) is 5.96 Å². The Morgan fingerprint density at radius 1 is 1.26 bits per heavy atom. The highest BCUT2D eigenvalue weighted by molar-refractivity contribution is 14.0. The maximum absolute atomic E-state index is 13.0. The number of rotatable bonds is 7. The standard InChI is InChI=1S/C18H27F3N4O.HI/c1-22-18(24-15-7-9-25(10-8-15)12-17(20)21)23-11-16(26-2)13-3-5-14(19)6-4-13;/h3-6,15-17H,7-12H2,1-2H3,(H2,22,23,24);1H. The molecule has 2 rings (SSSR count). The van der Waals surface area contributed by atoms with E-state index in [0.717, 1.165) is 18.4 Å². The molecule has 154 valence electrons. The number of hydrogen-bond acceptors (Lipinski definition) is 3. The van der Waals surface area contributed by atoms with Crippen molar-refractivity contribution in [2.75, 3.05) is 40.3 Å². The Morgan fingerprint density at radius 3 is 2.41 bits per heavy atom. The van der Waals surface area contributed by atoms with Crippen molar-refractivity contribution in [3.05, 3.63) is 35.6 Å². The maximum atomic E-state index is 13.0. The molecule has 0 aromatic heterocycles. The number of aliphatic imine (C=N–C) groups is 1. The van der Waals surface area contributed by atoms with Crippen LogP contribution >= 0.6 is 24.0 Å². The average Bonchev–Trinajstić information content (AvgIpc) is 2.63. The predicted octanol–water partition coefficient (Wildman–Crippen LogP) is 3.03. The first-order valence-corrected chi connectivity index (χ1v) is 8.77. The number of nitrogens with zero attached hydrogens (tertiary/aromatic N) is 2. The normalized spacial score (nSPS) is 17.5. The third-order valence-corrected chi connectivity index (χ3v) is 4.53. The molecule has 0 saturated carbocycles. The summed E-state index contributed by atoms with van der Waals surface area (Å²) in [5.41, 5.74) is 0.872. The lowest BCUT2D eigenvalue weighted by atomic mass is 10.1. The second-order valence-corrected chi connectivity index (χ2v) is 6.34. The van der Waals surface area contributed by atoms with Crippen LogP contribution in [0.3, 0.4) is 0 Å². The Balaban J connectivity index is 0.00000364. The molecule has 5 nitrogen and oxygen atoms in total. The Morgan fingerprint density at radius 2 is 1.89 bits per heavy atom. The van der Waals surface area contributed by atoms with E-state index in [1.54, 1.807) is 31.2 Å². The Hall–Kier alpha value is -1.07. The van der Waals surface area contributed by atoms with E-state index in [0.29, 0.717) is 25.6 Å². The summed E-state index contributed by atoms with van der Waals surface area (Å²) < 4.78 is 43.4. The molecule has 0 spiro atoms. The Bertz CT molecular complexity index is 566. The molecule has 0 bridgehead atoms. The van der Waals surface area contributed by atoms with Gasteiger partial charge in [-0.15, -0.1) is 24.0 Å². The summed E-state index contributed by atoms with van der Waals surface area (Å²) in [6.45, 7) is 1.61. The van der Waals surface area contributed by atoms with E-state index < -0.39 is 6.43 Å². The van der Waals surface area contributed by atoms with Gasteiger partial charge in [0, 0.05) is 39.8 Å². The highest BCUT2D eigenvalue weighted by Crippen LogP contribution is 2.16. The van der Waals surface area contributed by atoms with E-state index in [-0.39, 0.29) is 48.5 Å².